The number of benzene rings is 2. The van der Waals surface area contributed by atoms with Crippen LogP contribution in [0.5, 0.6) is 11.5 Å². The highest BCUT2D eigenvalue weighted by Crippen LogP contribution is 2.26. The number of nitrogen functional groups attached to an aromatic ring is 1. The summed E-state index contributed by atoms with van der Waals surface area (Å²) in [6, 6.07) is 14.9. The predicted octanol–water partition coefficient (Wildman–Crippen LogP) is 2.31. The number of nitrogens with zero attached hydrogens (tertiary/aromatic N) is 6. The number of nitrogens with two attached hydrogens (primary N) is 1. The van der Waals surface area contributed by atoms with Crippen molar-refractivity contribution in [3.05, 3.63) is 65.5 Å². The van der Waals surface area contributed by atoms with Crippen LogP contribution in [0.15, 0.2) is 63.2 Å². The zero-order valence-corrected chi connectivity index (χ0v) is 19.0. The number of rotatable bonds is 9. The highest BCUT2D eigenvalue weighted by molar-refractivity contribution is 7.98. The Hall–Kier alpha value is -4.39. The summed E-state index contributed by atoms with van der Waals surface area (Å²) in [7, 11) is 3.09. The number of anilines is 1. The lowest BCUT2D eigenvalue weighted by atomic mass is 10.2. The Morgan fingerprint density at radius 3 is 2.74 bits per heavy atom. The van der Waals surface area contributed by atoms with Crippen LogP contribution in [-0.4, -0.2) is 51.6 Å². The quantitative estimate of drug-likeness (QED) is 0.207. The van der Waals surface area contributed by atoms with E-state index < -0.39 is 5.91 Å². The Bertz CT molecular complexity index is 1310. The van der Waals surface area contributed by atoms with Gasteiger partial charge in [0, 0.05) is 22.3 Å². The van der Waals surface area contributed by atoms with Gasteiger partial charge in [-0.25, -0.2) is 10.1 Å². The van der Waals surface area contributed by atoms with Gasteiger partial charge in [0.25, 0.3) is 5.91 Å². The first-order chi connectivity index (χ1) is 16.6. The maximum Gasteiger partial charge on any atom is 0.293 e. The first-order valence-electron chi connectivity index (χ1n) is 9.87. The van der Waals surface area contributed by atoms with Gasteiger partial charge >= 0.3 is 0 Å². The van der Waals surface area contributed by atoms with Crippen molar-refractivity contribution < 1.29 is 18.9 Å². The molecule has 2 heterocycles. The second-order valence-electron chi connectivity index (χ2n) is 6.68. The number of amides is 1. The smallest absolute Gasteiger partial charge is 0.293 e. The van der Waals surface area contributed by atoms with Crippen LogP contribution in [0.2, 0.25) is 0 Å². The summed E-state index contributed by atoms with van der Waals surface area (Å²) < 4.78 is 16.5. The minimum Gasteiger partial charge on any atom is -0.497 e. The largest absolute Gasteiger partial charge is 0.497 e. The number of hydrogen-bond acceptors (Lipinski definition) is 11. The van der Waals surface area contributed by atoms with Crippen LogP contribution >= 0.6 is 11.8 Å². The lowest BCUT2D eigenvalue weighted by molar-refractivity contribution is 0.0949. The van der Waals surface area contributed by atoms with Crippen molar-refractivity contribution >= 4 is 29.7 Å². The number of nitrogens with one attached hydrogen (secondary N) is 1. The molecule has 0 spiro atoms. The zero-order valence-electron chi connectivity index (χ0n) is 18.2. The lowest BCUT2D eigenvalue weighted by Crippen LogP contribution is -2.20. The number of aromatic nitrogens is 5. The third-order valence-corrected chi connectivity index (χ3v) is 5.63. The molecule has 2 aromatic heterocycles. The van der Waals surface area contributed by atoms with Crippen LogP contribution in [-0.2, 0) is 5.75 Å². The van der Waals surface area contributed by atoms with Crippen LogP contribution in [0, 0.1) is 0 Å². The molecule has 0 bridgehead atoms. The summed E-state index contributed by atoms with van der Waals surface area (Å²) in [5, 5.41) is 19.4. The predicted molar refractivity (Wildman–Crippen MR) is 124 cm³/mol. The number of hydrazone groups is 1. The second kappa shape index (κ2) is 10.5. The summed E-state index contributed by atoms with van der Waals surface area (Å²) in [5.41, 5.74) is 9.44. The zero-order chi connectivity index (χ0) is 23.9. The molecule has 0 atom stereocenters. The standard InChI is InChI=1S/C21H20N8O4S/c1-31-14-9-8-13(17(10-14)32-2)11-23-25-21(30)18-16(12-34-15-6-4-3-5-7-15)29(28-24-18)20-19(22)26-33-27-20/h3-11H,12H2,1-2H3,(H2,22,26)(H,25,30)/b23-11+. The second-order valence-corrected chi connectivity index (χ2v) is 7.73. The van der Waals surface area contributed by atoms with E-state index in [1.54, 1.807) is 25.3 Å². The van der Waals surface area contributed by atoms with Gasteiger partial charge in [-0.1, -0.05) is 23.4 Å². The van der Waals surface area contributed by atoms with Crippen molar-refractivity contribution in [2.24, 2.45) is 5.10 Å². The molecule has 0 radical (unpaired) electrons. The fourth-order valence-corrected chi connectivity index (χ4v) is 3.83. The molecule has 0 saturated heterocycles. The van der Waals surface area contributed by atoms with Gasteiger partial charge in [0.15, 0.2) is 5.69 Å². The van der Waals surface area contributed by atoms with Crippen molar-refractivity contribution in [3.8, 4) is 17.3 Å². The number of carbonyl (C=O) groups excluding carboxylic acids is 1. The van der Waals surface area contributed by atoms with E-state index in [1.165, 1.54) is 29.8 Å². The van der Waals surface area contributed by atoms with E-state index in [9.17, 15) is 4.79 Å². The molecule has 0 aliphatic rings. The molecule has 0 saturated carbocycles. The summed E-state index contributed by atoms with van der Waals surface area (Å²) in [5.74, 6) is 1.12. The Labute approximate surface area is 198 Å². The molecule has 13 heteroatoms. The maximum atomic E-state index is 12.9. The molecule has 2 aromatic carbocycles. The van der Waals surface area contributed by atoms with E-state index in [0.29, 0.717) is 28.5 Å². The normalized spacial score (nSPS) is 11.0. The van der Waals surface area contributed by atoms with Crippen LogP contribution in [0.25, 0.3) is 5.82 Å². The summed E-state index contributed by atoms with van der Waals surface area (Å²) in [6.45, 7) is 0. The summed E-state index contributed by atoms with van der Waals surface area (Å²) in [4.78, 5) is 13.9. The molecular weight excluding hydrogens is 460 g/mol. The molecule has 0 aliphatic heterocycles. The Kier molecular flexibility index (Phi) is 7.03. The van der Waals surface area contributed by atoms with Crippen LogP contribution in [0.4, 0.5) is 5.82 Å². The molecule has 0 aliphatic carbocycles. The van der Waals surface area contributed by atoms with Crippen molar-refractivity contribution in [1.82, 2.24) is 30.7 Å². The van der Waals surface area contributed by atoms with E-state index in [4.69, 9.17) is 15.2 Å². The molecule has 0 unspecified atom stereocenters. The van der Waals surface area contributed by atoms with Gasteiger partial charge in [0.1, 0.15) is 11.5 Å². The van der Waals surface area contributed by atoms with Gasteiger partial charge in [-0.15, -0.1) is 16.9 Å². The van der Waals surface area contributed by atoms with Gasteiger partial charge < -0.3 is 15.2 Å². The molecule has 12 nitrogen and oxygen atoms in total. The highest BCUT2D eigenvalue weighted by Gasteiger charge is 2.24. The van der Waals surface area contributed by atoms with Crippen LogP contribution < -0.4 is 20.6 Å². The van der Waals surface area contributed by atoms with Crippen molar-refractivity contribution in [2.75, 3.05) is 20.0 Å². The Morgan fingerprint density at radius 1 is 1.21 bits per heavy atom. The summed E-state index contributed by atoms with van der Waals surface area (Å²) >= 11 is 1.49. The van der Waals surface area contributed by atoms with E-state index in [0.717, 1.165) is 4.90 Å². The number of thioether (sulfide) groups is 1. The van der Waals surface area contributed by atoms with Gasteiger partial charge in [0.2, 0.25) is 11.6 Å². The average molecular weight is 481 g/mol. The van der Waals surface area contributed by atoms with Crippen LogP contribution in [0.1, 0.15) is 21.7 Å². The SMILES string of the molecule is COc1ccc(/C=N/NC(=O)c2nnn(-c3nonc3N)c2CSc2ccccc2)c(OC)c1. The van der Waals surface area contributed by atoms with Crippen molar-refractivity contribution in [1.29, 1.82) is 0 Å². The molecule has 4 rings (SSSR count). The van der Waals surface area contributed by atoms with Gasteiger partial charge in [-0.05, 0) is 34.6 Å². The molecule has 0 fully saturated rings. The van der Waals surface area contributed by atoms with Crippen molar-refractivity contribution in [2.45, 2.75) is 10.6 Å². The van der Waals surface area contributed by atoms with E-state index in [1.807, 2.05) is 30.3 Å². The van der Waals surface area contributed by atoms with Gasteiger partial charge in [-0.2, -0.15) is 9.78 Å². The fourth-order valence-electron chi connectivity index (χ4n) is 2.92. The van der Waals surface area contributed by atoms with Gasteiger partial charge in [-0.3, -0.25) is 4.79 Å². The average Bonchev–Trinajstić information content (AvgIpc) is 3.48. The maximum absolute atomic E-state index is 12.9. The molecule has 3 N–H and O–H groups in total. The third-order valence-electron chi connectivity index (χ3n) is 4.60. The minimum absolute atomic E-state index is 0.0208. The lowest BCUT2D eigenvalue weighted by Gasteiger charge is -2.07. The monoisotopic (exact) mass is 480 g/mol. The molecule has 174 valence electrons. The Morgan fingerprint density at radius 2 is 2.03 bits per heavy atom. The Balaban J connectivity index is 1.57. The first kappa shape index (κ1) is 22.8. The van der Waals surface area contributed by atoms with E-state index in [-0.39, 0.29) is 17.3 Å². The minimum atomic E-state index is -0.561. The van der Waals surface area contributed by atoms with Gasteiger partial charge in [0.05, 0.1) is 26.1 Å². The number of ether oxygens (including phenoxy) is 2. The molecular formula is C21H20N8O4S. The number of carbonyl (C=O) groups is 1. The first-order valence-corrected chi connectivity index (χ1v) is 10.9. The molecule has 1 amide bonds. The molecule has 34 heavy (non-hydrogen) atoms. The summed E-state index contributed by atoms with van der Waals surface area (Å²) in [6.07, 6.45) is 1.46. The van der Waals surface area contributed by atoms with E-state index >= 15 is 0 Å². The van der Waals surface area contributed by atoms with Crippen LogP contribution in [0.3, 0.4) is 0 Å². The van der Waals surface area contributed by atoms with E-state index in [2.05, 4.69) is 35.8 Å². The topological polar surface area (TPSA) is 156 Å². The fraction of sp³-hybridized carbons (Fsp3) is 0.143. The number of hydrogen-bond donors (Lipinski definition) is 2. The third kappa shape index (κ3) is 4.99. The highest BCUT2D eigenvalue weighted by atomic mass is 32.2. The number of methoxy groups -OCH3 is 2. The van der Waals surface area contributed by atoms with Crippen molar-refractivity contribution in [3.63, 3.8) is 0 Å². The molecule has 4 aromatic rings.